The van der Waals surface area contributed by atoms with E-state index in [4.69, 9.17) is 5.26 Å². The van der Waals surface area contributed by atoms with Gasteiger partial charge in [-0.15, -0.1) is 0 Å². The van der Waals surface area contributed by atoms with E-state index in [-0.39, 0.29) is 22.2 Å². The van der Waals surface area contributed by atoms with Crippen LogP contribution in [0, 0.1) is 17.3 Å². The van der Waals surface area contributed by atoms with E-state index in [1.807, 2.05) is 6.19 Å². The molecule has 7 nitrogen and oxygen atoms in total. The largest absolute Gasteiger partial charge is 0.347 e. The molecule has 0 unspecified atom stereocenters. The summed E-state index contributed by atoms with van der Waals surface area (Å²) < 4.78 is 40.8. The first-order valence-electron chi connectivity index (χ1n) is 8.62. The van der Waals surface area contributed by atoms with Gasteiger partial charge in [0.25, 0.3) is 15.9 Å². The molecule has 0 bridgehead atoms. The van der Waals surface area contributed by atoms with Crippen molar-refractivity contribution >= 4 is 21.6 Å². The molecule has 1 aliphatic heterocycles. The Bertz CT molecular complexity index is 1020. The predicted molar refractivity (Wildman–Crippen MR) is 101 cm³/mol. The van der Waals surface area contributed by atoms with E-state index in [9.17, 15) is 17.6 Å². The van der Waals surface area contributed by atoms with Crippen LogP contribution in [-0.2, 0) is 10.0 Å². The SMILES string of the molecule is CN(c1ccc(C(=O)N[C@@H]2CCN(C#N)C2)c(F)c1)S(=O)(=O)c1ccccc1. The van der Waals surface area contributed by atoms with E-state index in [0.717, 1.165) is 10.4 Å². The molecular weight excluding hydrogens is 383 g/mol. The molecule has 1 atom stereocenters. The van der Waals surface area contributed by atoms with Gasteiger partial charge in [0.1, 0.15) is 5.82 Å². The van der Waals surface area contributed by atoms with Gasteiger partial charge in [-0.2, -0.15) is 5.26 Å². The van der Waals surface area contributed by atoms with Crippen molar-refractivity contribution in [3.8, 4) is 6.19 Å². The molecule has 1 saturated heterocycles. The molecule has 28 heavy (non-hydrogen) atoms. The van der Waals surface area contributed by atoms with Gasteiger partial charge in [0.2, 0.25) is 0 Å². The minimum Gasteiger partial charge on any atom is -0.347 e. The Hall–Kier alpha value is -3.12. The maximum atomic E-state index is 14.5. The Labute approximate surface area is 163 Å². The maximum Gasteiger partial charge on any atom is 0.264 e. The van der Waals surface area contributed by atoms with Gasteiger partial charge < -0.3 is 10.2 Å². The van der Waals surface area contributed by atoms with Crippen molar-refractivity contribution in [2.45, 2.75) is 17.4 Å². The van der Waals surface area contributed by atoms with Crippen LogP contribution >= 0.6 is 0 Å². The lowest BCUT2D eigenvalue weighted by Gasteiger charge is -2.20. The third kappa shape index (κ3) is 3.92. The minimum absolute atomic E-state index is 0.0861. The number of halogens is 1. The number of sulfonamides is 1. The average Bonchev–Trinajstić information content (AvgIpc) is 3.15. The zero-order valence-corrected chi connectivity index (χ0v) is 16.0. The van der Waals surface area contributed by atoms with Crippen molar-refractivity contribution in [3.05, 3.63) is 59.9 Å². The van der Waals surface area contributed by atoms with Crippen molar-refractivity contribution in [2.75, 3.05) is 24.4 Å². The molecule has 0 aliphatic carbocycles. The standard InChI is InChI=1S/C19H19FN4O3S/c1-23(28(26,27)16-5-3-2-4-6-16)15-7-8-17(18(20)11-15)19(25)22-14-9-10-24(12-14)13-21/h2-8,11,14H,9-10,12H2,1H3,(H,22,25)/t14-/m1/s1. The molecule has 1 amide bonds. The summed E-state index contributed by atoms with van der Waals surface area (Å²) in [6.45, 7) is 0.936. The third-order valence-electron chi connectivity index (χ3n) is 4.63. The van der Waals surface area contributed by atoms with Gasteiger partial charge in [-0.3, -0.25) is 9.10 Å². The Kier molecular flexibility index (Phi) is 5.51. The monoisotopic (exact) mass is 402 g/mol. The molecule has 0 radical (unpaired) electrons. The van der Waals surface area contributed by atoms with E-state index in [1.165, 1.54) is 36.2 Å². The van der Waals surface area contributed by atoms with Crippen molar-refractivity contribution in [1.82, 2.24) is 10.2 Å². The number of nitrogens with one attached hydrogen (secondary N) is 1. The average molecular weight is 402 g/mol. The van der Waals surface area contributed by atoms with Crippen LogP contribution in [0.4, 0.5) is 10.1 Å². The first kappa shape index (κ1) is 19.6. The second-order valence-corrected chi connectivity index (χ2v) is 8.42. The Morgan fingerprint density at radius 1 is 1.29 bits per heavy atom. The molecule has 146 valence electrons. The molecule has 0 aromatic heterocycles. The number of carbonyl (C=O) groups is 1. The Morgan fingerprint density at radius 2 is 2.00 bits per heavy atom. The first-order chi connectivity index (χ1) is 13.3. The summed E-state index contributed by atoms with van der Waals surface area (Å²) in [6.07, 6.45) is 2.62. The van der Waals surface area contributed by atoms with E-state index in [1.54, 1.807) is 18.2 Å². The Balaban J connectivity index is 1.77. The quantitative estimate of drug-likeness (QED) is 0.772. The lowest BCUT2D eigenvalue weighted by Crippen LogP contribution is -2.36. The summed E-state index contributed by atoms with van der Waals surface area (Å²) in [4.78, 5) is 13.9. The smallest absolute Gasteiger partial charge is 0.264 e. The second-order valence-electron chi connectivity index (χ2n) is 6.45. The summed E-state index contributed by atoms with van der Waals surface area (Å²) in [5, 5.41) is 11.6. The number of benzene rings is 2. The number of likely N-dealkylation sites (tertiary alicyclic amines) is 1. The molecule has 3 rings (SSSR count). The maximum absolute atomic E-state index is 14.5. The summed E-state index contributed by atoms with van der Waals surface area (Å²) in [7, 11) is -2.51. The number of nitriles is 1. The van der Waals surface area contributed by atoms with Crippen molar-refractivity contribution in [3.63, 3.8) is 0 Å². The van der Waals surface area contributed by atoms with Crippen LogP contribution in [0.2, 0.25) is 0 Å². The highest BCUT2D eigenvalue weighted by Gasteiger charge is 2.26. The number of hydrogen-bond donors (Lipinski definition) is 1. The van der Waals surface area contributed by atoms with Crippen molar-refractivity contribution < 1.29 is 17.6 Å². The van der Waals surface area contributed by atoms with Gasteiger partial charge in [-0.1, -0.05) is 18.2 Å². The number of anilines is 1. The predicted octanol–water partition coefficient (Wildman–Crippen LogP) is 1.94. The first-order valence-corrected chi connectivity index (χ1v) is 10.1. The fourth-order valence-electron chi connectivity index (χ4n) is 3.01. The number of nitrogens with zero attached hydrogens (tertiary/aromatic N) is 3. The third-order valence-corrected chi connectivity index (χ3v) is 6.43. The van der Waals surface area contributed by atoms with Crippen molar-refractivity contribution in [1.29, 1.82) is 5.26 Å². The summed E-state index contributed by atoms with van der Waals surface area (Å²) >= 11 is 0. The van der Waals surface area contributed by atoms with Crippen LogP contribution in [0.15, 0.2) is 53.4 Å². The van der Waals surface area contributed by atoms with E-state index < -0.39 is 21.7 Å². The van der Waals surface area contributed by atoms with Gasteiger partial charge in [0, 0.05) is 26.2 Å². The van der Waals surface area contributed by atoms with Crippen LogP contribution in [0.5, 0.6) is 0 Å². The summed E-state index contributed by atoms with van der Waals surface area (Å²) in [5.41, 5.74) is -0.0703. The number of carbonyl (C=O) groups excluding carboxylic acids is 1. The number of hydrogen-bond acceptors (Lipinski definition) is 5. The molecular formula is C19H19FN4O3S. The lowest BCUT2D eigenvalue weighted by atomic mass is 10.1. The van der Waals surface area contributed by atoms with E-state index >= 15 is 0 Å². The van der Waals surface area contributed by atoms with Crippen LogP contribution in [-0.4, -0.2) is 45.4 Å². The second kappa shape index (κ2) is 7.86. The van der Waals surface area contributed by atoms with Crippen molar-refractivity contribution in [2.24, 2.45) is 0 Å². The van der Waals surface area contributed by atoms with Crippen LogP contribution < -0.4 is 9.62 Å². The van der Waals surface area contributed by atoms with Gasteiger partial charge in [0.05, 0.1) is 16.1 Å². The highest BCUT2D eigenvalue weighted by Crippen LogP contribution is 2.24. The fourth-order valence-corrected chi connectivity index (χ4v) is 4.21. The fraction of sp³-hybridized carbons (Fsp3) is 0.263. The highest BCUT2D eigenvalue weighted by molar-refractivity contribution is 7.92. The molecule has 2 aromatic rings. The molecule has 9 heteroatoms. The van der Waals surface area contributed by atoms with Gasteiger partial charge >= 0.3 is 0 Å². The Morgan fingerprint density at radius 3 is 2.61 bits per heavy atom. The van der Waals surface area contributed by atoms with Gasteiger partial charge in [-0.05, 0) is 36.8 Å². The molecule has 0 saturated carbocycles. The zero-order chi connectivity index (χ0) is 20.3. The van der Waals surface area contributed by atoms with Crippen LogP contribution in [0.3, 0.4) is 0 Å². The van der Waals surface area contributed by atoms with E-state index in [2.05, 4.69) is 5.32 Å². The van der Waals surface area contributed by atoms with Crippen LogP contribution in [0.25, 0.3) is 0 Å². The molecule has 1 aliphatic rings. The number of rotatable bonds is 5. The zero-order valence-electron chi connectivity index (χ0n) is 15.2. The minimum atomic E-state index is -3.84. The molecule has 1 N–H and O–H groups in total. The molecule has 1 fully saturated rings. The topological polar surface area (TPSA) is 93.5 Å². The highest BCUT2D eigenvalue weighted by atomic mass is 32.2. The normalized spacial score (nSPS) is 16.5. The summed E-state index contributed by atoms with van der Waals surface area (Å²) in [5.74, 6) is -1.41. The van der Waals surface area contributed by atoms with Crippen LogP contribution in [0.1, 0.15) is 16.8 Å². The van der Waals surface area contributed by atoms with Gasteiger partial charge in [-0.25, -0.2) is 12.8 Å². The summed E-state index contributed by atoms with van der Waals surface area (Å²) in [6, 6.07) is 11.2. The molecule has 1 heterocycles. The lowest BCUT2D eigenvalue weighted by molar-refractivity contribution is 0.0935. The van der Waals surface area contributed by atoms with E-state index in [0.29, 0.717) is 19.5 Å². The number of amides is 1. The molecule has 0 spiro atoms. The molecule has 2 aromatic carbocycles. The van der Waals surface area contributed by atoms with Gasteiger partial charge in [0.15, 0.2) is 6.19 Å².